The standard InChI is InChI=1S/C15H20N2O2/c1-19-15-5-3-11(8-16)6-13(15)10-17-9-12-2-4-14(18)7-12/h3,5-6,12,14,17-18H,2,4,7,9-10H2,1H3. The minimum absolute atomic E-state index is 0.122. The Labute approximate surface area is 114 Å². The summed E-state index contributed by atoms with van der Waals surface area (Å²) in [5.74, 6) is 1.36. The van der Waals surface area contributed by atoms with Gasteiger partial charge in [-0.3, -0.25) is 0 Å². The molecule has 1 aliphatic carbocycles. The lowest BCUT2D eigenvalue weighted by Gasteiger charge is -2.13. The summed E-state index contributed by atoms with van der Waals surface area (Å²) in [4.78, 5) is 0. The van der Waals surface area contributed by atoms with E-state index in [2.05, 4.69) is 11.4 Å². The highest BCUT2D eigenvalue weighted by Crippen LogP contribution is 2.25. The quantitative estimate of drug-likeness (QED) is 0.847. The van der Waals surface area contributed by atoms with E-state index in [1.807, 2.05) is 12.1 Å². The van der Waals surface area contributed by atoms with Gasteiger partial charge in [-0.25, -0.2) is 0 Å². The van der Waals surface area contributed by atoms with Crippen LogP contribution in [0.2, 0.25) is 0 Å². The number of rotatable bonds is 5. The van der Waals surface area contributed by atoms with Gasteiger partial charge in [0, 0.05) is 12.1 Å². The van der Waals surface area contributed by atoms with Gasteiger partial charge in [0.05, 0.1) is 24.8 Å². The summed E-state index contributed by atoms with van der Waals surface area (Å²) in [5, 5.41) is 21.8. The lowest BCUT2D eigenvalue weighted by Crippen LogP contribution is -2.21. The molecular weight excluding hydrogens is 240 g/mol. The lowest BCUT2D eigenvalue weighted by atomic mass is 10.1. The molecule has 1 aliphatic rings. The molecule has 4 heteroatoms. The highest BCUT2D eigenvalue weighted by atomic mass is 16.5. The fraction of sp³-hybridized carbons (Fsp3) is 0.533. The van der Waals surface area contributed by atoms with E-state index < -0.39 is 0 Å². The molecule has 1 aromatic rings. The van der Waals surface area contributed by atoms with Crippen LogP contribution in [0.4, 0.5) is 0 Å². The van der Waals surface area contributed by atoms with Gasteiger partial charge in [0.2, 0.25) is 0 Å². The van der Waals surface area contributed by atoms with E-state index in [0.29, 0.717) is 18.0 Å². The SMILES string of the molecule is COc1ccc(C#N)cc1CNCC1CCC(O)C1. The van der Waals surface area contributed by atoms with E-state index in [9.17, 15) is 5.11 Å². The van der Waals surface area contributed by atoms with Crippen LogP contribution in [0.15, 0.2) is 18.2 Å². The van der Waals surface area contributed by atoms with Crippen molar-refractivity contribution in [1.29, 1.82) is 5.26 Å². The fourth-order valence-corrected chi connectivity index (χ4v) is 2.63. The molecule has 1 fully saturated rings. The van der Waals surface area contributed by atoms with Gasteiger partial charge in [-0.2, -0.15) is 5.26 Å². The summed E-state index contributed by atoms with van der Waals surface area (Å²) in [7, 11) is 1.64. The molecule has 2 atom stereocenters. The summed E-state index contributed by atoms with van der Waals surface area (Å²) in [5.41, 5.74) is 1.65. The average Bonchev–Trinajstić information content (AvgIpc) is 2.84. The molecule has 0 heterocycles. The number of nitriles is 1. The van der Waals surface area contributed by atoms with Gasteiger partial charge in [-0.1, -0.05) is 0 Å². The normalized spacial score (nSPS) is 22.2. The van der Waals surface area contributed by atoms with Crippen LogP contribution in [0.1, 0.15) is 30.4 Å². The van der Waals surface area contributed by atoms with E-state index in [0.717, 1.165) is 37.1 Å². The monoisotopic (exact) mass is 260 g/mol. The fourth-order valence-electron chi connectivity index (χ4n) is 2.63. The summed E-state index contributed by atoms with van der Waals surface area (Å²) < 4.78 is 5.30. The first-order chi connectivity index (χ1) is 9.22. The Balaban J connectivity index is 1.89. The summed E-state index contributed by atoms with van der Waals surface area (Å²) in [6.45, 7) is 1.59. The van der Waals surface area contributed by atoms with Crippen LogP contribution < -0.4 is 10.1 Å². The van der Waals surface area contributed by atoms with Gasteiger partial charge in [0.15, 0.2) is 0 Å². The van der Waals surface area contributed by atoms with Crippen molar-refractivity contribution in [2.45, 2.75) is 31.9 Å². The topological polar surface area (TPSA) is 65.3 Å². The molecule has 0 bridgehead atoms. The zero-order valence-corrected chi connectivity index (χ0v) is 11.2. The molecule has 1 saturated carbocycles. The van der Waals surface area contributed by atoms with Crippen molar-refractivity contribution in [2.24, 2.45) is 5.92 Å². The van der Waals surface area contributed by atoms with Crippen molar-refractivity contribution in [3.63, 3.8) is 0 Å². The van der Waals surface area contributed by atoms with Crippen molar-refractivity contribution >= 4 is 0 Å². The Morgan fingerprint density at radius 1 is 1.47 bits per heavy atom. The van der Waals surface area contributed by atoms with E-state index in [1.165, 1.54) is 0 Å². The molecule has 2 unspecified atom stereocenters. The van der Waals surface area contributed by atoms with E-state index in [-0.39, 0.29) is 6.10 Å². The molecule has 19 heavy (non-hydrogen) atoms. The van der Waals surface area contributed by atoms with E-state index in [4.69, 9.17) is 10.00 Å². The van der Waals surface area contributed by atoms with Crippen LogP contribution in [0.5, 0.6) is 5.75 Å². The van der Waals surface area contributed by atoms with Crippen LogP contribution in [-0.4, -0.2) is 24.9 Å². The van der Waals surface area contributed by atoms with Crippen LogP contribution >= 0.6 is 0 Å². The van der Waals surface area contributed by atoms with Crippen LogP contribution in [-0.2, 0) is 6.54 Å². The number of nitrogens with zero attached hydrogens (tertiary/aromatic N) is 1. The number of nitrogens with one attached hydrogen (secondary N) is 1. The maximum Gasteiger partial charge on any atom is 0.123 e. The molecule has 0 aromatic heterocycles. The van der Waals surface area contributed by atoms with Crippen molar-refractivity contribution in [3.05, 3.63) is 29.3 Å². The summed E-state index contributed by atoms with van der Waals surface area (Å²) in [6.07, 6.45) is 2.77. The molecule has 0 saturated heterocycles. The maximum atomic E-state index is 9.48. The van der Waals surface area contributed by atoms with Crippen molar-refractivity contribution in [2.75, 3.05) is 13.7 Å². The Hall–Kier alpha value is -1.57. The Morgan fingerprint density at radius 3 is 2.95 bits per heavy atom. The highest BCUT2D eigenvalue weighted by molar-refractivity contribution is 5.41. The molecular formula is C15H20N2O2. The second-order valence-electron chi connectivity index (χ2n) is 5.10. The summed E-state index contributed by atoms with van der Waals surface area (Å²) in [6, 6.07) is 7.58. The van der Waals surface area contributed by atoms with Gasteiger partial charge in [0.25, 0.3) is 0 Å². The van der Waals surface area contributed by atoms with E-state index >= 15 is 0 Å². The highest BCUT2D eigenvalue weighted by Gasteiger charge is 2.22. The second-order valence-corrected chi connectivity index (χ2v) is 5.10. The maximum absolute atomic E-state index is 9.48. The number of ether oxygens (including phenoxy) is 1. The first-order valence-corrected chi connectivity index (χ1v) is 6.68. The van der Waals surface area contributed by atoms with E-state index in [1.54, 1.807) is 13.2 Å². The molecule has 2 N–H and O–H groups in total. The number of aliphatic hydroxyl groups excluding tert-OH is 1. The Kier molecular flexibility index (Phi) is 4.78. The second kappa shape index (κ2) is 6.55. The Morgan fingerprint density at radius 2 is 2.32 bits per heavy atom. The Bertz CT molecular complexity index is 468. The molecule has 0 amide bonds. The molecule has 102 valence electrons. The molecule has 0 radical (unpaired) electrons. The third kappa shape index (κ3) is 3.69. The van der Waals surface area contributed by atoms with Crippen LogP contribution in [0.25, 0.3) is 0 Å². The predicted molar refractivity (Wildman–Crippen MR) is 72.8 cm³/mol. The molecule has 1 aromatic carbocycles. The third-order valence-electron chi connectivity index (χ3n) is 3.67. The van der Waals surface area contributed by atoms with Crippen LogP contribution in [0, 0.1) is 17.2 Å². The molecule has 2 rings (SSSR count). The number of aliphatic hydroxyl groups is 1. The van der Waals surface area contributed by atoms with Crippen molar-refractivity contribution in [3.8, 4) is 11.8 Å². The first kappa shape index (κ1) is 13.9. The summed E-state index contributed by atoms with van der Waals surface area (Å²) >= 11 is 0. The minimum atomic E-state index is -0.122. The van der Waals surface area contributed by atoms with Gasteiger partial charge >= 0.3 is 0 Å². The van der Waals surface area contributed by atoms with Crippen LogP contribution in [0.3, 0.4) is 0 Å². The predicted octanol–water partition coefficient (Wildman–Crippen LogP) is 1.82. The zero-order valence-electron chi connectivity index (χ0n) is 11.2. The number of hydrogen-bond donors (Lipinski definition) is 2. The third-order valence-corrected chi connectivity index (χ3v) is 3.67. The number of hydrogen-bond acceptors (Lipinski definition) is 4. The largest absolute Gasteiger partial charge is 0.496 e. The lowest BCUT2D eigenvalue weighted by molar-refractivity contribution is 0.177. The van der Waals surface area contributed by atoms with Crippen molar-refractivity contribution < 1.29 is 9.84 Å². The first-order valence-electron chi connectivity index (χ1n) is 6.68. The number of methoxy groups -OCH3 is 1. The number of benzene rings is 1. The minimum Gasteiger partial charge on any atom is -0.496 e. The molecule has 0 aliphatic heterocycles. The zero-order chi connectivity index (χ0) is 13.7. The molecule has 4 nitrogen and oxygen atoms in total. The van der Waals surface area contributed by atoms with Gasteiger partial charge in [0.1, 0.15) is 5.75 Å². The van der Waals surface area contributed by atoms with Gasteiger partial charge in [-0.15, -0.1) is 0 Å². The van der Waals surface area contributed by atoms with Gasteiger partial charge < -0.3 is 15.2 Å². The average molecular weight is 260 g/mol. The molecule has 0 spiro atoms. The van der Waals surface area contributed by atoms with Gasteiger partial charge in [-0.05, 0) is 49.9 Å². The van der Waals surface area contributed by atoms with Crippen molar-refractivity contribution in [1.82, 2.24) is 5.32 Å². The smallest absolute Gasteiger partial charge is 0.123 e.